The molecule has 0 bridgehead atoms. The van der Waals surface area contributed by atoms with Crippen molar-refractivity contribution in [1.82, 2.24) is 4.90 Å². The minimum absolute atomic E-state index is 0.00232. The molecule has 6 nitrogen and oxygen atoms in total. The summed E-state index contributed by atoms with van der Waals surface area (Å²) in [6, 6.07) is 6.53. The lowest BCUT2D eigenvalue weighted by Gasteiger charge is -2.45. The van der Waals surface area contributed by atoms with E-state index in [-0.39, 0.29) is 29.8 Å². The highest BCUT2D eigenvalue weighted by molar-refractivity contribution is 6.54. The zero-order valence-corrected chi connectivity index (χ0v) is 25.7. The van der Waals surface area contributed by atoms with Gasteiger partial charge >= 0.3 is 13.2 Å². The minimum atomic E-state index is -0.806. The maximum atomic E-state index is 11.9. The number of piperidine rings is 1. The molecule has 3 unspecified atom stereocenters. The average Bonchev–Trinajstić information content (AvgIpc) is 3.08. The number of amides is 1. The SMILES string of the molecule is CCc1cc(OCC2=C(B3OC(C)(C)C(C)(C)O3)CCCC2C)ccc1C1CCN(C(=O)O)C(C(C)(C)C)C1. The quantitative estimate of drug-likeness (QED) is 0.376. The average molecular weight is 540 g/mol. The van der Waals surface area contributed by atoms with Crippen LogP contribution in [0.4, 0.5) is 4.79 Å². The molecule has 2 aliphatic heterocycles. The van der Waals surface area contributed by atoms with Crippen LogP contribution in [0.15, 0.2) is 29.2 Å². The van der Waals surface area contributed by atoms with Crippen LogP contribution < -0.4 is 4.74 Å². The van der Waals surface area contributed by atoms with Crippen molar-refractivity contribution in [2.75, 3.05) is 13.2 Å². The smallest absolute Gasteiger partial charge is 0.489 e. The Morgan fingerprint density at radius 2 is 1.82 bits per heavy atom. The summed E-state index contributed by atoms with van der Waals surface area (Å²) in [5.41, 5.74) is 4.41. The van der Waals surface area contributed by atoms with Crippen molar-refractivity contribution >= 4 is 13.2 Å². The topological polar surface area (TPSA) is 68.2 Å². The van der Waals surface area contributed by atoms with E-state index in [0.717, 1.165) is 44.3 Å². The Kier molecular flexibility index (Phi) is 8.55. The van der Waals surface area contributed by atoms with E-state index in [2.05, 4.69) is 80.5 Å². The third-order valence-corrected chi connectivity index (χ3v) is 9.81. The van der Waals surface area contributed by atoms with Gasteiger partial charge in [-0.3, -0.25) is 0 Å². The van der Waals surface area contributed by atoms with Crippen molar-refractivity contribution in [3.05, 3.63) is 40.4 Å². The number of nitrogens with zero attached hydrogens (tertiary/aromatic N) is 1. The van der Waals surface area contributed by atoms with Gasteiger partial charge in [-0.05, 0) is 118 Å². The zero-order valence-electron chi connectivity index (χ0n) is 25.7. The van der Waals surface area contributed by atoms with Gasteiger partial charge in [0.2, 0.25) is 0 Å². The maximum absolute atomic E-state index is 11.9. The van der Waals surface area contributed by atoms with Gasteiger partial charge in [0, 0.05) is 12.6 Å². The third-order valence-electron chi connectivity index (χ3n) is 9.81. The van der Waals surface area contributed by atoms with E-state index in [1.54, 1.807) is 4.90 Å². The zero-order chi connectivity index (χ0) is 28.8. The summed E-state index contributed by atoms with van der Waals surface area (Å²) < 4.78 is 19.3. The molecular weight excluding hydrogens is 489 g/mol. The van der Waals surface area contributed by atoms with E-state index in [9.17, 15) is 9.90 Å². The molecule has 0 aromatic heterocycles. The number of hydrogen-bond donors (Lipinski definition) is 1. The fourth-order valence-electron chi connectivity index (χ4n) is 6.57. The summed E-state index contributed by atoms with van der Waals surface area (Å²) >= 11 is 0. The normalized spacial score (nSPS) is 27.2. The Morgan fingerprint density at radius 3 is 2.41 bits per heavy atom. The van der Waals surface area contributed by atoms with Crippen molar-refractivity contribution < 1.29 is 23.9 Å². The Morgan fingerprint density at radius 1 is 1.15 bits per heavy atom. The molecule has 7 heteroatoms. The predicted octanol–water partition coefficient (Wildman–Crippen LogP) is 7.65. The lowest BCUT2D eigenvalue weighted by Crippen LogP contribution is -2.51. The van der Waals surface area contributed by atoms with E-state index in [4.69, 9.17) is 14.0 Å². The Bertz CT molecular complexity index is 1070. The van der Waals surface area contributed by atoms with Crippen LogP contribution in [-0.2, 0) is 15.7 Å². The molecular formula is C32H50BNO5. The molecule has 4 rings (SSSR count). The summed E-state index contributed by atoms with van der Waals surface area (Å²) in [7, 11) is -0.308. The van der Waals surface area contributed by atoms with Gasteiger partial charge < -0.3 is 24.1 Å². The number of benzene rings is 1. The van der Waals surface area contributed by atoms with Crippen molar-refractivity contribution in [3.63, 3.8) is 0 Å². The summed E-state index contributed by atoms with van der Waals surface area (Å²) in [5, 5.41) is 9.78. The number of carbonyl (C=O) groups is 1. The van der Waals surface area contributed by atoms with Crippen LogP contribution in [0.5, 0.6) is 5.75 Å². The van der Waals surface area contributed by atoms with Gasteiger partial charge in [-0.1, -0.05) is 40.7 Å². The second-order valence-corrected chi connectivity index (χ2v) is 14.0. The lowest BCUT2D eigenvalue weighted by molar-refractivity contribution is 0.00578. The van der Waals surface area contributed by atoms with Crippen LogP contribution in [0.3, 0.4) is 0 Å². The van der Waals surface area contributed by atoms with E-state index < -0.39 is 6.09 Å². The van der Waals surface area contributed by atoms with Crippen LogP contribution in [0.2, 0.25) is 0 Å². The monoisotopic (exact) mass is 539 g/mol. The summed E-state index contributed by atoms with van der Waals surface area (Å²) in [6.45, 7) is 20.5. The van der Waals surface area contributed by atoms with E-state index in [1.165, 1.54) is 22.2 Å². The Labute approximate surface area is 236 Å². The first-order valence-electron chi connectivity index (χ1n) is 15.0. The molecule has 3 atom stereocenters. The second-order valence-electron chi connectivity index (χ2n) is 14.0. The molecule has 1 aromatic rings. The van der Waals surface area contributed by atoms with E-state index >= 15 is 0 Å². The van der Waals surface area contributed by atoms with E-state index in [1.807, 2.05) is 0 Å². The largest absolute Gasteiger partial charge is 0.490 e. The first kappa shape index (κ1) is 30.0. The van der Waals surface area contributed by atoms with Crippen LogP contribution in [0.1, 0.15) is 111 Å². The number of allylic oxidation sites excluding steroid dienone is 1. The molecule has 0 radical (unpaired) electrons. The highest BCUT2D eigenvalue weighted by Crippen LogP contribution is 2.43. The van der Waals surface area contributed by atoms with E-state index in [0.29, 0.717) is 25.0 Å². The molecule has 1 N–H and O–H groups in total. The number of aryl methyl sites for hydroxylation is 1. The van der Waals surface area contributed by atoms with Gasteiger partial charge in [-0.2, -0.15) is 0 Å². The first-order chi connectivity index (χ1) is 18.1. The summed E-state index contributed by atoms with van der Waals surface area (Å²) in [5.74, 6) is 1.68. The van der Waals surface area contributed by atoms with Crippen LogP contribution in [-0.4, -0.2) is 53.6 Å². The van der Waals surface area contributed by atoms with Crippen LogP contribution in [0.25, 0.3) is 0 Å². The standard InChI is InChI=1S/C32H50BNO5/c1-10-22-18-24(14-15-25(22)23-16-17-34(29(35)36)28(19-23)30(3,4)5)37-20-26-21(2)12-11-13-27(26)33-38-31(6,7)32(8,9)39-33/h14-15,18,21,23,28H,10-13,16-17,19-20H2,1-9H3,(H,35,36). The van der Waals surface area contributed by atoms with Crippen molar-refractivity contribution in [2.45, 2.75) is 124 Å². The molecule has 1 amide bonds. The molecule has 1 aromatic carbocycles. The molecule has 3 aliphatic rings. The van der Waals surface area contributed by atoms with Gasteiger partial charge in [0.25, 0.3) is 0 Å². The summed E-state index contributed by atoms with van der Waals surface area (Å²) in [4.78, 5) is 13.6. The number of carboxylic acid groups (broad SMARTS) is 1. The maximum Gasteiger partial charge on any atom is 0.490 e. The highest BCUT2D eigenvalue weighted by atomic mass is 16.7. The second kappa shape index (κ2) is 11.1. The van der Waals surface area contributed by atoms with Gasteiger partial charge in [-0.15, -0.1) is 0 Å². The predicted molar refractivity (Wildman–Crippen MR) is 157 cm³/mol. The molecule has 1 aliphatic carbocycles. The summed E-state index contributed by atoms with van der Waals surface area (Å²) in [6.07, 6.45) is 5.12. The molecule has 0 saturated carbocycles. The fourth-order valence-corrected chi connectivity index (χ4v) is 6.57. The van der Waals surface area contributed by atoms with Crippen molar-refractivity contribution in [1.29, 1.82) is 0 Å². The van der Waals surface area contributed by atoms with Gasteiger partial charge in [0.05, 0.1) is 11.2 Å². The van der Waals surface area contributed by atoms with Crippen molar-refractivity contribution in [3.8, 4) is 5.75 Å². The molecule has 39 heavy (non-hydrogen) atoms. The lowest BCUT2D eigenvalue weighted by atomic mass is 9.67. The van der Waals surface area contributed by atoms with Gasteiger partial charge in [-0.25, -0.2) is 4.79 Å². The first-order valence-corrected chi connectivity index (χ1v) is 15.0. The Balaban J connectivity index is 1.52. The van der Waals surface area contributed by atoms with Gasteiger partial charge in [0.1, 0.15) is 12.4 Å². The number of likely N-dealkylation sites (tertiary alicyclic amines) is 1. The highest BCUT2D eigenvalue weighted by Gasteiger charge is 2.53. The fraction of sp³-hybridized carbons (Fsp3) is 0.719. The molecule has 216 valence electrons. The van der Waals surface area contributed by atoms with Crippen LogP contribution in [0, 0.1) is 11.3 Å². The van der Waals surface area contributed by atoms with Gasteiger partial charge in [0.15, 0.2) is 0 Å². The number of ether oxygens (including phenoxy) is 1. The number of rotatable bonds is 6. The molecule has 2 heterocycles. The van der Waals surface area contributed by atoms with Crippen LogP contribution >= 0.6 is 0 Å². The number of hydrogen-bond acceptors (Lipinski definition) is 4. The minimum Gasteiger partial charge on any atom is -0.489 e. The molecule has 2 saturated heterocycles. The third kappa shape index (κ3) is 6.19. The van der Waals surface area contributed by atoms with Crippen molar-refractivity contribution in [2.24, 2.45) is 11.3 Å². The Hall–Kier alpha value is -1.99. The molecule has 0 spiro atoms. The molecule has 2 fully saturated rings.